The molecule has 1 atom stereocenters. The molecule has 0 amide bonds. The highest BCUT2D eigenvalue weighted by atomic mass is 15.0. The molecule has 0 aromatic rings. The molecule has 100 valence electrons. The first-order chi connectivity index (χ1) is 7.99. The van der Waals surface area contributed by atoms with E-state index >= 15 is 0 Å². The van der Waals surface area contributed by atoms with Gasteiger partial charge in [0.25, 0.3) is 0 Å². The first-order valence-corrected chi connectivity index (χ1v) is 7.43. The van der Waals surface area contributed by atoms with Crippen molar-refractivity contribution in [2.24, 2.45) is 28.9 Å². The number of hydrogen-bond acceptors (Lipinski definition) is 2. The second kappa shape index (κ2) is 5.27. The summed E-state index contributed by atoms with van der Waals surface area (Å²) in [5.74, 6) is 2.64. The molecule has 0 bridgehead atoms. The van der Waals surface area contributed by atoms with E-state index in [9.17, 15) is 0 Å². The molecular formula is C15H30N2. The second-order valence-electron chi connectivity index (χ2n) is 7.48. The van der Waals surface area contributed by atoms with Gasteiger partial charge in [-0.05, 0) is 68.4 Å². The summed E-state index contributed by atoms with van der Waals surface area (Å²) in [4.78, 5) is 0. The Bertz CT molecular complexity index is 224. The third kappa shape index (κ3) is 4.59. The predicted molar refractivity (Wildman–Crippen MR) is 73.9 cm³/mol. The highest BCUT2D eigenvalue weighted by Gasteiger charge is 2.41. The van der Waals surface area contributed by atoms with E-state index in [1.165, 1.54) is 32.1 Å². The Kier molecular flexibility index (Phi) is 4.14. The molecule has 1 unspecified atom stereocenters. The second-order valence-corrected chi connectivity index (χ2v) is 7.48. The van der Waals surface area contributed by atoms with Gasteiger partial charge in [0.1, 0.15) is 0 Å². The molecule has 2 aliphatic rings. The van der Waals surface area contributed by atoms with Gasteiger partial charge in [-0.1, -0.05) is 20.8 Å². The maximum absolute atomic E-state index is 5.91. The number of rotatable bonds is 7. The molecule has 0 spiro atoms. The van der Waals surface area contributed by atoms with Gasteiger partial charge in [0.05, 0.1) is 0 Å². The summed E-state index contributed by atoms with van der Waals surface area (Å²) in [6.07, 6.45) is 7.07. The SMILES string of the molecule is CC(C)(C)CC(CN)CNC(C1CC1)C1CC1. The van der Waals surface area contributed by atoms with Crippen molar-refractivity contribution in [1.82, 2.24) is 5.32 Å². The van der Waals surface area contributed by atoms with Gasteiger partial charge in [-0.25, -0.2) is 0 Å². The standard InChI is InChI=1S/C15H30N2/c1-15(2,3)8-11(9-16)10-17-14(12-4-5-12)13-6-7-13/h11-14,17H,4-10,16H2,1-3H3. The smallest absolute Gasteiger partial charge is 0.0124 e. The fourth-order valence-corrected chi connectivity index (χ4v) is 3.04. The molecule has 0 heterocycles. The Morgan fingerprint density at radius 2 is 1.65 bits per heavy atom. The van der Waals surface area contributed by atoms with Crippen molar-refractivity contribution in [3.8, 4) is 0 Å². The molecule has 0 aliphatic heterocycles. The molecule has 0 saturated heterocycles. The van der Waals surface area contributed by atoms with Gasteiger partial charge in [0.2, 0.25) is 0 Å². The van der Waals surface area contributed by atoms with E-state index in [1.807, 2.05) is 0 Å². The summed E-state index contributed by atoms with van der Waals surface area (Å²) in [5, 5.41) is 3.84. The minimum atomic E-state index is 0.403. The Morgan fingerprint density at radius 3 is 2.00 bits per heavy atom. The van der Waals surface area contributed by atoms with Gasteiger partial charge < -0.3 is 11.1 Å². The lowest BCUT2D eigenvalue weighted by atomic mass is 9.84. The van der Waals surface area contributed by atoms with Gasteiger partial charge in [-0.2, -0.15) is 0 Å². The number of hydrogen-bond donors (Lipinski definition) is 2. The van der Waals surface area contributed by atoms with Crippen molar-refractivity contribution < 1.29 is 0 Å². The van der Waals surface area contributed by atoms with Crippen LogP contribution in [0.4, 0.5) is 0 Å². The highest BCUT2D eigenvalue weighted by Crippen LogP contribution is 2.44. The lowest BCUT2D eigenvalue weighted by molar-refractivity contribution is 0.274. The number of nitrogens with two attached hydrogens (primary N) is 1. The Hall–Kier alpha value is -0.0800. The fraction of sp³-hybridized carbons (Fsp3) is 1.00. The molecule has 0 radical (unpaired) electrons. The minimum absolute atomic E-state index is 0.403. The van der Waals surface area contributed by atoms with Crippen molar-refractivity contribution >= 4 is 0 Å². The average Bonchev–Trinajstić information content (AvgIpc) is 3.08. The maximum atomic E-state index is 5.91. The maximum Gasteiger partial charge on any atom is 0.0124 e. The van der Waals surface area contributed by atoms with Crippen LogP contribution in [0.15, 0.2) is 0 Å². The van der Waals surface area contributed by atoms with Crippen molar-refractivity contribution in [2.75, 3.05) is 13.1 Å². The van der Waals surface area contributed by atoms with Crippen molar-refractivity contribution in [3.05, 3.63) is 0 Å². The zero-order chi connectivity index (χ0) is 12.5. The van der Waals surface area contributed by atoms with E-state index < -0.39 is 0 Å². The molecule has 0 aromatic carbocycles. The van der Waals surface area contributed by atoms with Crippen LogP contribution in [0.5, 0.6) is 0 Å². The molecule has 0 aromatic heterocycles. The van der Waals surface area contributed by atoms with Crippen molar-refractivity contribution in [2.45, 2.75) is 58.9 Å². The third-order valence-corrected chi connectivity index (χ3v) is 4.14. The Balaban J connectivity index is 1.74. The Labute approximate surface area is 107 Å². The highest BCUT2D eigenvalue weighted by molar-refractivity contribution is 4.96. The topological polar surface area (TPSA) is 38.0 Å². The van der Waals surface area contributed by atoms with Crippen LogP contribution in [-0.4, -0.2) is 19.1 Å². The van der Waals surface area contributed by atoms with Crippen molar-refractivity contribution in [3.63, 3.8) is 0 Å². The van der Waals surface area contributed by atoms with Crippen LogP contribution in [0.25, 0.3) is 0 Å². The molecule has 2 nitrogen and oxygen atoms in total. The van der Waals surface area contributed by atoms with Crippen LogP contribution in [0.2, 0.25) is 0 Å². The first kappa shape index (κ1) is 13.4. The van der Waals surface area contributed by atoms with E-state index in [0.29, 0.717) is 11.3 Å². The third-order valence-electron chi connectivity index (χ3n) is 4.14. The molecule has 3 N–H and O–H groups in total. The quantitative estimate of drug-likeness (QED) is 0.716. The van der Waals surface area contributed by atoms with Crippen LogP contribution in [0, 0.1) is 23.2 Å². The van der Waals surface area contributed by atoms with Gasteiger partial charge in [0, 0.05) is 6.04 Å². The first-order valence-electron chi connectivity index (χ1n) is 7.43. The number of nitrogens with one attached hydrogen (secondary N) is 1. The van der Waals surface area contributed by atoms with Crippen LogP contribution < -0.4 is 11.1 Å². The van der Waals surface area contributed by atoms with Crippen LogP contribution >= 0.6 is 0 Å². The van der Waals surface area contributed by atoms with Gasteiger partial charge in [-0.15, -0.1) is 0 Å². The molecule has 2 saturated carbocycles. The molecule has 2 aliphatic carbocycles. The van der Waals surface area contributed by atoms with E-state index in [4.69, 9.17) is 5.73 Å². The molecule has 2 heteroatoms. The van der Waals surface area contributed by atoms with Crippen LogP contribution in [0.3, 0.4) is 0 Å². The summed E-state index contributed by atoms with van der Waals surface area (Å²) >= 11 is 0. The molecule has 2 rings (SSSR count). The Morgan fingerprint density at radius 1 is 1.12 bits per heavy atom. The summed E-state index contributed by atoms with van der Waals surface area (Å²) in [5.41, 5.74) is 6.31. The minimum Gasteiger partial charge on any atom is -0.330 e. The predicted octanol–water partition coefficient (Wildman–Crippen LogP) is 2.78. The fourth-order valence-electron chi connectivity index (χ4n) is 3.04. The summed E-state index contributed by atoms with van der Waals surface area (Å²) in [6.45, 7) is 8.90. The average molecular weight is 238 g/mol. The van der Waals surface area contributed by atoms with Gasteiger partial charge >= 0.3 is 0 Å². The molecule has 17 heavy (non-hydrogen) atoms. The molecule has 2 fully saturated rings. The van der Waals surface area contributed by atoms with Gasteiger partial charge in [-0.3, -0.25) is 0 Å². The van der Waals surface area contributed by atoms with E-state index in [2.05, 4.69) is 26.1 Å². The lowest BCUT2D eigenvalue weighted by Crippen LogP contribution is -2.39. The summed E-state index contributed by atoms with van der Waals surface area (Å²) in [6, 6.07) is 0.823. The van der Waals surface area contributed by atoms with E-state index in [0.717, 1.165) is 31.0 Å². The zero-order valence-electron chi connectivity index (χ0n) is 11.8. The van der Waals surface area contributed by atoms with Crippen molar-refractivity contribution in [1.29, 1.82) is 0 Å². The summed E-state index contributed by atoms with van der Waals surface area (Å²) in [7, 11) is 0. The normalized spacial score (nSPS) is 23.1. The summed E-state index contributed by atoms with van der Waals surface area (Å²) < 4.78 is 0. The monoisotopic (exact) mass is 238 g/mol. The largest absolute Gasteiger partial charge is 0.330 e. The molecular weight excluding hydrogens is 208 g/mol. The van der Waals surface area contributed by atoms with E-state index in [-0.39, 0.29) is 0 Å². The zero-order valence-corrected chi connectivity index (χ0v) is 11.8. The lowest BCUT2D eigenvalue weighted by Gasteiger charge is -2.27. The van der Waals surface area contributed by atoms with Gasteiger partial charge in [0.15, 0.2) is 0 Å². The van der Waals surface area contributed by atoms with Crippen LogP contribution in [0.1, 0.15) is 52.9 Å². The van der Waals surface area contributed by atoms with Crippen LogP contribution in [-0.2, 0) is 0 Å². The van der Waals surface area contributed by atoms with E-state index in [1.54, 1.807) is 0 Å².